The Morgan fingerprint density at radius 2 is 1.83 bits per heavy atom. The van der Waals surface area contributed by atoms with E-state index in [1.54, 1.807) is 11.8 Å². The number of aromatic nitrogens is 2. The van der Waals surface area contributed by atoms with Crippen LogP contribution in [0.5, 0.6) is 0 Å². The van der Waals surface area contributed by atoms with Crippen LogP contribution >= 0.6 is 11.8 Å². The lowest BCUT2D eigenvalue weighted by Gasteiger charge is -2.20. The van der Waals surface area contributed by atoms with E-state index in [9.17, 15) is 4.79 Å². The molecular weight excluding hydrogens is 378 g/mol. The third-order valence-corrected chi connectivity index (χ3v) is 5.83. The summed E-state index contributed by atoms with van der Waals surface area (Å²) in [5.74, 6) is 1.90. The molecule has 0 saturated heterocycles. The molecule has 3 aromatic rings. The van der Waals surface area contributed by atoms with Gasteiger partial charge in [0.2, 0.25) is 0 Å². The van der Waals surface area contributed by atoms with Crippen LogP contribution in [0.25, 0.3) is 11.0 Å². The maximum absolute atomic E-state index is 12.9. The number of hydrogen-bond donors (Lipinski definition) is 1. The van der Waals surface area contributed by atoms with E-state index in [0.29, 0.717) is 5.56 Å². The summed E-state index contributed by atoms with van der Waals surface area (Å²) in [6, 6.07) is 17.6. The molecule has 5 heteroatoms. The summed E-state index contributed by atoms with van der Waals surface area (Å²) in [7, 11) is 0. The van der Waals surface area contributed by atoms with Crippen molar-refractivity contribution in [2.75, 3.05) is 12.0 Å². The van der Waals surface area contributed by atoms with Gasteiger partial charge in [0, 0.05) is 12.1 Å². The van der Waals surface area contributed by atoms with Gasteiger partial charge in [-0.2, -0.15) is 11.8 Å². The number of aryl methyl sites for hydroxylation is 1. The van der Waals surface area contributed by atoms with Gasteiger partial charge in [-0.05, 0) is 49.1 Å². The average Bonchev–Trinajstić information content (AvgIpc) is 3.13. The number of nitrogens with one attached hydrogen (secondary N) is 1. The number of hydrogen-bond acceptors (Lipinski definition) is 3. The van der Waals surface area contributed by atoms with E-state index in [4.69, 9.17) is 4.98 Å². The third-order valence-electron chi connectivity index (χ3n) is 5.18. The van der Waals surface area contributed by atoms with Crippen molar-refractivity contribution in [3.63, 3.8) is 0 Å². The van der Waals surface area contributed by atoms with Crippen LogP contribution in [-0.4, -0.2) is 27.5 Å². The van der Waals surface area contributed by atoms with Gasteiger partial charge in [0.05, 0.1) is 17.1 Å². The molecule has 1 heterocycles. The van der Waals surface area contributed by atoms with E-state index in [-0.39, 0.29) is 11.9 Å². The summed E-state index contributed by atoms with van der Waals surface area (Å²) in [4.78, 5) is 17.8. The lowest BCUT2D eigenvalue weighted by Crippen LogP contribution is -2.31. The largest absolute Gasteiger partial charge is 0.342 e. The molecule has 0 bridgehead atoms. The van der Waals surface area contributed by atoms with Crippen LogP contribution in [0, 0.1) is 0 Å². The number of benzene rings is 2. The number of nitrogens with zero attached hydrogens (tertiary/aromatic N) is 2. The van der Waals surface area contributed by atoms with Gasteiger partial charge in [-0.25, -0.2) is 4.98 Å². The van der Waals surface area contributed by atoms with Gasteiger partial charge < -0.3 is 9.88 Å². The number of imidazole rings is 1. The topological polar surface area (TPSA) is 46.9 Å². The van der Waals surface area contributed by atoms with Crippen molar-refractivity contribution in [2.45, 2.75) is 51.6 Å². The molecule has 4 nitrogen and oxygen atoms in total. The number of carbonyl (C=O) groups excluding carboxylic acids is 1. The van der Waals surface area contributed by atoms with Crippen molar-refractivity contribution >= 4 is 28.7 Å². The first-order valence-electron chi connectivity index (χ1n) is 10.5. The van der Waals surface area contributed by atoms with Crippen molar-refractivity contribution in [1.82, 2.24) is 14.9 Å². The Hall–Kier alpha value is -2.27. The highest BCUT2D eigenvalue weighted by Crippen LogP contribution is 2.25. The summed E-state index contributed by atoms with van der Waals surface area (Å²) < 4.78 is 2.32. The highest BCUT2D eigenvalue weighted by molar-refractivity contribution is 7.98. The Morgan fingerprint density at radius 1 is 1.07 bits per heavy atom. The Kier molecular flexibility index (Phi) is 8.17. The molecule has 0 fully saturated rings. The van der Waals surface area contributed by atoms with Crippen molar-refractivity contribution < 1.29 is 4.79 Å². The van der Waals surface area contributed by atoms with Gasteiger partial charge in [-0.15, -0.1) is 0 Å². The molecule has 29 heavy (non-hydrogen) atoms. The van der Waals surface area contributed by atoms with Crippen molar-refractivity contribution in [3.05, 3.63) is 66.0 Å². The predicted octanol–water partition coefficient (Wildman–Crippen LogP) is 5.84. The summed E-state index contributed by atoms with van der Waals surface area (Å²) in [5.41, 5.74) is 2.84. The van der Waals surface area contributed by atoms with Crippen LogP contribution in [0.3, 0.4) is 0 Å². The molecule has 1 amide bonds. The number of thioether (sulfide) groups is 1. The highest BCUT2D eigenvalue weighted by Gasteiger charge is 2.22. The van der Waals surface area contributed by atoms with E-state index < -0.39 is 0 Å². The quantitative estimate of drug-likeness (QED) is 0.405. The van der Waals surface area contributed by atoms with E-state index in [2.05, 4.69) is 41.3 Å². The zero-order chi connectivity index (χ0) is 20.5. The second-order valence-electron chi connectivity index (χ2n) is 7.34. The summed E-state index contributed by atoms with van der Waals surface area (Å²) in [6.45, 7) is 3.17. The summed E-state index contributed by atoms with van der Waals surface area (Å²) in [5, 5.41) is 3.25. The monoisotopic (exact) mass is 409 g/mol. The molecule has 3 rings (SSSR count). The number of unbranched alkanes of at least 4 members (excludes halogenated alkanes) is 3. The zero-order valence-electron chi connectivity index (χ0n) is 17.4. The zero-order valence-corrected chi connectivity index (χ0v) is 18.3. The molecule has 1 aromatic heterocycles. The average molecular weight is 410 g/mol. The van der Waals surface area contributed by atoms with Crippen LogP contribution in [0.4, 0.5) is 0 Å². The number of amides is 1. The van der Waals surface area contributed by atoms with E-state index in [1.165, 1.54) is 19.3 Å². The number of rotatable bonds is 11. The smallest absolute Gasteiger partial charge is 0.251 e. The minimum absolute atomic E-state index is 0.0405. The minimum atomic E-state index is -0.103. The second kappa shape index (κ2) is 11.1. The van der Waals surface area contributed by atoms with Crippen LogP contribution in [0.1, 0.15) is 61.3 Å². The fraction of sp³-hybridized carbons (Fsp3) is 0.417. The van der Waals surface area contributed by atoms with Gasteiger partial charge in [0.15, 0.2) is 0 Å². The molecule has 0 aliphatic carbocycles. The predicted molar refractivity (Wildman–Crippen MR) is 124 cm³/mol. The van der Waals surface area contributed by atoms with Gasteiger partial charge in [0.25, 0.3) is 5.91 Å². The minimum Gasteiger partial charge on any atom is -0.342 e. The molecule has 0 radical (unpaired) electrons. The molecular formula is C24H31N3OS. The lowest BCUT2D eigenvalue weighted by molar-refractivity contribution is 0.0933. The standard InChI is InChI=1S/C24H31N3OS/c1-3-4-5-11-17-27-22-15-10-9-14-20(22)25-23(27)21(16-18-29-2)26-24(28)19-12-7-6-8-13-19/h6-10,12-15,21H,3-5,11,16-18H2,1-2H3,(H,26,28). The van der Waals surface area contributed by atoms with Crippen molar-refractivity contribution in [3.8, 4) is 0 Å². The third kappa shape index (κ3) is 5.63. The molecule has 154 valence electrons. The molecule has 1 N–H and O–H groups in total. The Bertz CT molecular complexity index is 907. The molecule has 1 unspecified atom stereocenters. The van der Waals surface area contributed by atoms with Gasteiger partial charge >= 0.3 is 0 Å². The number of carbonyl (C=O) groups is 1. The van der Waals surface area contributed by atoms with Crippen LogP contribution in [0.2, 0.25) is 0 Å². The summed E-state index contributed by atoms with van der Waals surface area (Å²) in [6.07, 6.45) is 7.78. The molecule has 2 aromatic carbocycles. The van der Waals surface area contributed by atoms with E-state index in [0.717, 1.165) is 42.0 Å². The Labute approximate surface area is 178 Å². The molecule has 0 spiro atoms. The normalized spacial score (nSPS) is 12.2. The lowest BCUT2D eigenvalue weighted by atomic mass is 10.1. The maximum atomic E-state index is 12.9. The molecule has 1 atom stereocenters. The SMILES string of the molecule is CCCCCCn1c(C(CCSC)NC(=O)c2ccccc2)nc2ccccc21. The van der Waals surface area contributed by atoms with E-state index in [1.807, 2.05) is 36.4 Å². The van der Waals surface area contributed by atoms with Crippen molar-refractivity contribution in [1.29, 1.82) is 0 Å². The maximum Gasteiger partial charge on any atom is 0.251 e. The molecule has 0 saturated carbocycles. The first-order valence-corrected chi connectivity index (χ1v) is 11.9. The first kappa shape index (κ1) is 21.4. The fourth-order valence-electron chi connectivity index (χ4n) is 3.62. The van der Waals surface area contributed by atoms with Crippen LogP contribution in [-0.2, 0) is 6.54 Å². The number of para-hydroxylation sites is 2. The van der Waals surface area contributed by atoms with Gasteiger partial charge in [-0.1, -0.05) is 56.5 Å². The van der Waals surface area contributed by atoms with Crippen LogP contribution in [0.15, 0.2) is 54.6 Å². The van der Waals surface area contributed by atoms with Crippen molar-refractivity contribution in [2.24, 2.45) is 0 Å². The highest BCUT2D eigenvalue weighted by atomic mass is 32.2. The van der Waals surface area contributed by atoms with Gasteiger partial charge in [-0.3, -0.25) is 4.79 Å². The molecule has 0 aliphatic heterocycles. The number of fused-ring (bicyclic) bond motifs is 1. The van der Waals surface area contributed by atoms with Gasteiger partial charge in [0.1, 0.15) is 5.82 Å². The first-order chi connectivity index (χ1) is 14.2. The van der Waals surface area contributed by atoms with E-state index >= 15 is 0 Å². The Morgan fingerprint density at radius 3 is 2.59 bits per heavy atom. The van der Waals surface area contributed by atoms with Crippen LogP contribution < -0.4 is 5.32 Å². The summed E-state index contributed by atoms with van der Waals surface area (Å²) >= 11 is 1.80. The fourth-order valence-corrected chi connectivity index (χ4v) is 4.10. The second-order valence-corrected chi connectivity index (χ2v) is 8.33. The molecule has 0 aliphatic rings. The Balaban J connectivity index is 1.90.